The molecular weight excluding hydrogens is 372 g/mol. The van der Waals surface area contributed by atoms with Gasteiger partial charge in [0.1, 0.15) is 17.6 Å². The topological polar surface area (TPSA) is 77.7 Å². The molecule has 2 fully saturated rings. The minimum absolute atomic E-state index is 0.475. The summed E-state index contributed by atoms with van der Waals surface area (Å²) >= 11 is 5.88. The molecule has 1 aliphatic carbocycles. The molecule has 146 valence electrons. The molecule has 0 amide bonds. The van der Waals surface area contributed by atoms with Gasteiger partial charge in [-0.15, -0.1) is 0 Å². The average molecular weight is 397 g/mol. The SMILES string of the molecule is Cc1cc(C#N)nc(NCC[C@@H]2C[C@@H]2C2CCN(c3ncc(Cl)cn3)CC2)c1. The first kappa shape index (κ1) is 18.9. The van der Waals surface area contributed by atoms with Crippen LogP contribution in [0, 0.1) is 36.0 Å². The van der Waals surface area contributed by atoms with Crippen molar-refractivity contribution in [3.8, 4) is 6.07 Å². The molecule has 1 N–H and O–H groups in total. The Kier molecular flexibility index (Phi) is 5.63. The van der Waals surface area contributed by atoms with Crippen LogP contribution in [0.5, 0.6) is 0 Å². The van der Waals surface area contributed by atoms with E-state index in [1.165, 1.54) is 25.7 Å². The Bertz CT molecular complexity index is 854. The van der Waals surface area contributed by atoms with Gasteiger partial charge in [0.2, 0.25) is 5.95 Å². The molecule has 3 heterocycles. The summed E-state index contributed by atoms with van der Waals surface area (Å²) < 4.78 is 0. The van der Waals surface area contributed by atoms with Gasteiger partial charge in [0.15, 0.2) is 0 Å². The van der Waals surface area contributed by atoms with E-state index in [1.54, 1.807) is 12.4 Å². The van der Waals surface area contributed by atoms with Crippen LogP contribution in [0.1, 0.15) is 36.9 Å². The lowest BCUT2D eigenvalue weighted by Gasteiger charge is -2.32. The number of aromatic nitrogens is 3. The highest BCUT2D eigenvalue weighted by molar-refractivity contribution is 6.30. The number of pyridine rings is 1. The van der Waals surface area contributed by atoms with E-state index in [2.05, 4.69) is 31.2 Å². The molecule has 0 radical (unpaired) electrons. The third-order valence-corrected chi connectivity index (χ3v) is 6.11. The quantitative estimate of drug-likeness (QED) is 0.793. The summed E-state index contributed by atoms with van der Waals surface area (Å²) in [4.78, 5) is 15.3. The van der Waals surface area contributed by atoms with Crippen molar-refractivity contribution in [3.63, 3.8) is 0 Å². The Hall–Kier alpha value is -2.39. The zero-order valence-corrected chi connectivity index (χ0v) is 16.9. The zero-order chi connectivity index (χ0) is 19.5. The number of aryl methyl sites for hydroxylation is 1. The second kappa shape index (κ2) is 8.32. The summed E-state index contributed by atoms with van der Waals surface area (Å²) in [6.07, 6.45) is 8.28. The zero-order valence-electron chi connectivity index (χ0n) is 16.1. The Morgan fingerprint density at radius 3 is 2.71 bits per heavy atom. The van der Waals surface area contributed by atoms with Gasteiger partial charge in [-0.1, -0.05) is 11.6 Å². The number of halogens is 1. The molecule has 2 aromatic heterocycles. The van der Waals surface area contributed by atoms with Gasteiger partial charge in [-0.05, 0) is 68.1 Å². The Labute approximate surface area is 171 Å². The summed E-state index contributed by atoms with van der Waals surface area (Å²) in [5.41, 5.74) is 1.54. The molecule has 28 heavy (non-hydrogen) atoms. The molecule has 0 unspecified atom stereocenters. The van der Waals surface area contributed by atoms with E-state index in [-0.39, 0.29) is 0 Å². The molecule has 0 spiro atoms. The molecule has 1 aliphatic heterocycles. The lowest BCUT2D eigenvalue weighted by molar-refractivity contribution is 0.343. The van der Waals surface area contributed by atoms with Crippen LogP contribution in [0.25, 0.3) is 0 Å². The average Bonchev–Trinajstić information content (AvgIpc) is 3.48. The summed E-state index contributed by atoms with van der Waals surface area (Å²) in [6, 6.07) is 5.93. The Balaban J connectivity index is 1.20. The number of hydrogen-bond donors (Lipinski definition) is 1. The monoisotopic (exact) mass is 396 g/mol. The molecule has 4 rings (SSSR count). The minimum Gasteiger partial charge on any atom is -0.370 e. The van der Waals surface area contributed by atoms with Crippen molar-refractivity contribution < 1.29 is 0 Å². The van der Waals surface area contributed by atoms with E-state index in [0.717, 1.165) is 54.7 Å². The highest BCUT2D eigenvalue weighted by Crippen LogP contribution is 2.49. The van der Waals surface area contributed by atoms with Gasteiger partial charge >= 0.3 is 0 Å². The first-order chi connectivity index (χ1) is 13.6. The second-order valence-corrected chi connectivity index (χ2v) is 8.36. The van der Waals surface area contributed by atoms with Gasteiger partial charge < -0.3 is 10.2 Å². The number of hydrogen-bond acceptors (Lipinski definition) is 6. The van der Waals surface area contributed by atoms with E-state index in [1.807, 2.05) is 19.1 Å². The van der Waals surface area contributed by atoms with E-state index in [9.17, 15) is 0 Å². The van der Waals surface area contributed by atoms with Crippen molar-refractivity contribution in [2.75, 3.05) is 29.9 Å². The minimum atomic E-state index is 0.475. The normalized spacial score (nSPS) is 22.0. The van der Waals surface area contributed by atoms with E-state index >= 15 is 0 Å². The van der Waals surface area contributed by atoms with Crippen molar-refractivity contribution in [1.82, 2.24) is 15.0 Å². The van der Waals surface area contributed by atoms with Gasteiger partial charge in [-0.3, -0.25) is 0 Å². The van der Waals surface area contributed by atoms with Crippen LogP contribution in [0.15, 0.2) is 24.5 Å². The largest absolute Gasteiger partial charge is 0.370 e. The summed E-state index contributed by atoms with van der Waals surface area (Å²) in [7, 11) is 0. The van der Waals surface area contributed by atoms with E-state index in [0.29, 0.717) is 10.7 Å². The number of nitriles is 1. The molecule has 2 aromatic rings. The molecular formula is C21H25ClN6. The van der Waals surface area contributed by atoms with Crippen LogP contribution >= 0.6 is 11.6 Å². The van der Waals surface area contributed by atoms with Gasteiger partial charge in [0.25, 0.3) is 0 Å². The number of rotatable bonds is 6. The predicted molar refractivity (Wildman–Crippen MR) is 110 cm³/mol. The van der Waals surface area contributed by atoms with Crippen LogP contribution in [0.2, 0.25) is 5.02 Å². The number of nitrogens with zero attached hydrogens (tertiary/aromatic N) is 5. The van der Waals surface area contributed by atoms with Crippen LogP contribution in [-0.2, 0) is 0 Å². The third kappa shape index (κ3) is 4.53. The maximum Gasteiger partial charge on any atom is 0.225 e. The smallest absolute Gasteiger partial charge is 0.225 e. The lowest BCUT2D eigenvalue weighted by atomic mass is 9.90. The summed E-state index contributed by atoms with van der Waals surface area (Å²) in [6.45, 7) is 4.96. The van der Waals surface area contributed by atoms with Crippen LogP contribution in [0.4, 0.5) is 11.8 Å². The van der Waals surface area contributed by atoms with E-state index in [4.69, 9.17) is 16.9 Å². The molecule has 1 saturated heterocycles. The standard InChI is InChI=1S/C21H25ClN6/c1-14-8-18(11-23)27-20(9-14)24-5-2-16-10-19(16)15-3-6-28(7-4-15)21-25-12-17(22)13-26-21/h8-9,12-13,15-16,19H,2-7,10H2,1H3,(H,24,27)/t16-,19-/m1/s1. The number of nitrogens with one attached hydrogen (secondary N) is 1. The second-order valence-electron chi connectivity index (χ2n) is 7.93. The first-order valence-corrected chi connectivity index (χ1v) is 10.4. The van der Waals surface area contributed by atoms with Gasteiger partial charge in [0.05, 0.1) is 17.4 Å². The molecule has 2 atom stereocenters. The van der Waals surface area contributed by atoms with Crippen LogP contribution in [0.3, 0.4) is 0 Å². The highest BCUT2D eigenvalue weighted by atomic mass is 35.5. The molecule has 2 aliphatic rings. The van der Waals surface area contributed by atoms with Crippen LogP contribution < -0.4 is 10.2 Å². The van der Waals surface area contributed by atoms with Crippen LogP contribution in [-0.4, -0.2) is 34.6 Å². The van der Waals surface area contributed by atoms with Crippen molar-refractivity contribution in [2.45, 2.75) is 32.6 Å². The van der Waals surface area contributed by atoms with E-state index < -0.39 is 0 Å². The fourth-order valence-electron chi connectivity index (χ4n) is 4.38. The molecule has 1 saturated carbocycles. The number of anilines is 2. The van der Waals surface area contributed by atoms with Gasteiger partial charge in [-0.25, -0.2) is 15.0 Å². The third-order valence-electron chi connectivity index (χ3n) is 5.92. The molecule has 6 nitrogen and oxygen atoms in total. The fourth-order valence-corrected chi connectivity index (χ4v) is 4.48. The maximum absolute atomic E-state index is 9.04. The first-order valence-electron chi connectivity index (χ1n) is 9.97. The van der Waals surface area contributed by atoms with Crippen molar-refractivity contribution in [1.29, 1.82) is 5.26 Å². The van der Waals surface area contributed by atoms with Crippen molar-refractivity contribution >= 4 is 23.4 Å². The molecule has 0 bridgehead atoms. The fraction of sp³-hybridized carbons (Fsp3) is 0.524. The summed E-state index contributed by atoms with van der Waals surface area (Å²) in [5, 5.41) is 13.0. The molecule has 0 aromatic carbocycles. The Morgan fingerprint density at radius 1 is 1.25 bits per heavy atom. The van der Waals surface area contributed by atoms with Gasteiger partial charge in [-0.2, -0.15) is 5.26 Å². The lowest BCUT2D eigenvalue weighted by Crippen LogP contribution is -2.35. The molecule has 7 heteroatoms. The van der Waals surface area contributed by atoms with Crippen molar-refractivity contribution in [3.05, 3.63) is 40.8 Å². The van der Waals surface area contributed by atoms with Gasteiger partial charge in [0, 0.05) is 19.6 Å². The maximum atomic E-state index is 9.04. The summed E-state index contributed by atoms with van der Waals surface area (Å²) in [5.74, 6) is 4.09. The predicted octanol–water partition coefficient (Wildman–Crippen LogP) is 4.06. The van der Waals surface area contributed by atoms with Crippen molar-refractivity contribution in [2.24, 2.45) is 17.8 Å². The number of piperidine rings is 1. The highest BCUT2D eigenvalue weighted by Gasteiger charge is 2.43. The Morgan fingerprint density at radius 2 is 2.00 bits per heavy atom.